The van der Waals surface area contributed by atoms with E-state index in [9.17, 15) is 4.39 Å². The van der Waals surface area contributed by atoms with Gasteiger partial charge in [-0.05, 0) is 34.1 Å². The van der Waals surface area contributed by atoms with Crippen molar-refractivity contribution in [3.63, 3.8) is 0 Å². The lowest BCUT2D eigenvalue weighted by atomic mass is 10.3. The monoisotopic (exact) mass is 341 g/mol. The highest BCUT2D eigenvalue weighted by Gasteiger charge is 2.10. The molecule has 0 atom stereocenters. The standard InChI is InChI=1S/C12H13BrFN5O/c1-15-10-16-11(19(2)3)18-12(17-10)20-7-4-5-9(14)8(13)6-7/h4-6H,1-3H3,(H,15,16,17,18). The molecular weight excluding hydrogens is 329 g/mol. The van der Waals surface area contributed by atoms with Gasteiger partial charge in [0.15, 0.2) is 0 Å². The van der Waals surface area contributed by atoms with E-state index < -0.39 is 0 Å². The van der Waals surface area contributed by atoms with Crippen molar-refractivity contribution in [2.75, 3.05) is 31.4 Å². The molecule has 1 aromatic heterocycles. The molecular formula is C12H13BrFN5O. The molecule has 2 rings (SSSR count). The summed E-state index contributed by atoms with van der Waals surface area (Å²) < 4.78 is 19.0. The number of anilines is 2. The van der Waals surface area contributed by atoms with Crippen molar-refractivity contribution in [1.29, 1.82) is 0 Å². The van der Waals surface area contributed by atoms with Gasteiger partial charge in [-0.15, -0.1) is 0 Å². The van der Waals surface area contributed by atoms with Gasteiger partial charge in [0.05, 0.1) is 4.47 Å². The molecule has 0 radical (unpaired) electrons. The second kappa shape index (κ2) is 6.00. The van der Waals surface area contributed by atoms with E-state index in [1.165, 1.54) is 18.2 Å². The molecule has 0 aliphatic heterocycles. The van der Waals surface area contributed by atoms with Crippen LogP contribution in [0.3, 0.4) is 0 Å². The minimum Gasteiger partial charge on any atom is -0.424 e. The molecule has 0 aliphatic rings. The first-order valence-corrected chi connectivity index (χ1v) is 6.53. The van der Waals surface area contributed by atoms with E-state index in [4.69, 9.17) is 4.74 Å². The third-order valence-corrected chi connectivity index (χ3v) is 2.93. The maximum atomic E-state index is 13.2. The Morgan fingerprint density at radius 2 is 2.00 bits per heavy atom. The summed E-state index contributed by atoms with van der Waals surface area (Å²) in [6.07, 6.45) is 0. The topological polar surface area (TPSA) is 63.2 Å². The van der Waals surface area contributed by atoms with Crippen LogP contribution < -0.4 is 15.0 Å². The van der Waals surface area contributed by atoms with Crippen molar-refractivity contribution in [3.8, 4) is 11.8 Å². The van der Waals surface area contributed by atoms with Gasteiger partial charge in [0.1, 0.15) is 11.6 Å². The molecule has 1 heterocycles. The van der Waals surface area contributed by atoms with Gasteiger partial charge >= 0.3 is 6.01 Å². The molecule has 0 saturated carbocycles. The van der Waals surface area contributed by atoms with Crippen molar-refractivity contribution in [2.45, 2.75) is 0 Å². The lowest BCUT2D eigenvalue weighted by Crippen LogP contribution is -2.15. The first-order chi connectivity index (χ1) is 9.49. The van der Waals surface area contributed by atoms with E-state index in [0.29, 0.717) is 22.1 Å². The van der Waals surface area contributed by atoms with Gasteiger partial charge in [-0.25, -0.2) is 4.39 Å². The zero-order valence-corrected chi connectivity index (χ0v) is 12.8. The van der Waals surface area contributed by atoms with Crippen LogP contribution in [0.5, 0.6) is 11.8 Å². The van der Waals surface area contributed by atoms with Crippen molar-refractivity contribution in [3.05, 3.63) is 28.5 Å². The fourth-order valence-electron chi connectivity index (χ4n) is 1.35. The summed E-state index contributed by atoms with van der Waals surface area (Å²) in [6, 6.07) is 4.43. The second-order valence-corrected chi connectivity index (χ2v) is 4.92. The highest BCUT2D eigenvalue weighted by Crippen LogP contribution is 2.25. The molecule has 2 aromatic rings. The van der Waals surface area contributed by atoms with Gasteiger partial charge in [0.25, 0.3) is 0 Å². The van der Waals surface area contributed by atoms with Crippen LogP contribution >= 0.6 is 15.9 Å². The molecule has 6 nitrogen and oxygen atoms in total. The fourth-order valence-corrected chi connectivity index (χ4v) is 1.71. The Hall–Kier alpha value is -1.96. The molecule has 1 aromatic carbocycles. The van der Waals surface area contributed by atoms with E-state index in [1.807, 2.05) is 14.1 Å². The third kappa shape index (κ3) is 3.32. The lowest BCUT2D eigenvalue weighted by molar-refractivity contribution is 0.439. The van der Waals surface area contributed by atoms with Crippen LogP contribution in [0.2, 0.25) is 0 Å². The number of hydrogen-bond donors (Lipinski definition) is 1. The minimum atomic E-state index is -0.363. The average molecular weight is 342 g/mol. The third-order valence-electron chi connectivity index (χ3n) is 2.33. The first-order valence-electron chi connectivity index (χ1n) is 5.73. The van der Waals surface area contributed by atoms with Crippen LogP contribution in [0.15, 0.2) is 22.7 Å². The zero-order valence-electron chi connectivity index (χ0n) is 11.2. The number of ether oxygens (including phenoxy) is 1. The van der Waals surface area contributed by atoms with Crippen molar-refractivity contribution >= 4 is 27.8 Å². The van der Waals surface area contributed by atoms with Crippen molar-refractivity contribution in [2.24, 2.45) is 0 Å². The Morgan fingerprint density at radius 3 is 2.60 bits per heavy atom. The molecule has 0 spiro atoms. The first kappa shape index (κ1) is 14.4. The predicted molar refractivity (Wildman–Crippen MR) is 77.9 cm³/mol. The largest absolute Gasteiger partial charge is 0.424 e. The van der Waals surface area contributed by atoms with Gasteiger partial charge in [0.2, 0.25) is 11.9 Å². The molecule has 0 fully saturated rings. The van der Waals surface area contributed by atoms with E-state index in [1.54, 1.807) is 11.9 Å². The summed E-state index contributed by atoms with van der Waals surface area (Å²) in [5.74, 6) is 0.912. The SMILES string of the molecule is CNc1nc(Oc2ccc(F)c(Br)c2)nc(N(C)C)n1. The summed E-state index contributed by atoms with van der Waals surface area (Å²) in [5, 5.41) is 2.83. The number of benzene rings is 1. The molecule has 1 N–H and O–H groups in total. The fraction of sp³-hybridized carbons (Fsp3) is 0.250. The summed E-state index contributed by atoms with van der Waals surface area (Å²) in [7, 11) is 5.33. The summed E-state index contributed by atoms with van der Waals surface area (Å²) in [5.41, 5.74) is 0. The number of halogens is 2. The smallest absolute Gasteiger partial charge is 0.328 e. The van der Waals surface area contributed by atoms with Crippen LogP contribution in [0, 0.1) is 5.82 Å². The minimum absolute atomic E-state index is 0.131. The van der Waals surface area contributed by atoms with Gasteiger partial charge in [0, 0.05) is 21.1 Å². The van der Waals surface area contributed by atoms with E-state index in [0.717, 1.165) is 0 Å². The van der Waals surface area contributed by atoms with Crippen LogP contribution in [-0.2, 0) is 0 Å². The second-order valence-electron chi connectivity index (χ2n) is 4.06. The predicted octanol–water partition coefficient (Wildman–Crippen LogP) is 2.67. The Bertz CT molecular complexity index is 623. The van der Waals surface area contributed by atoms with Gasteiger partial charge in [-0.3, -0.25) is 0 Å². The number of nitrogens with zero attached hydrogens (tertiary/aromatic N) is 4. The maximum absolute atomic E-state index is 13.2. The highest BCUT2D eigenvalue weighted by molar-refractivity contribution is 9.10. The molecule has 0 unspecified atom stereocenters. The molecule has 0 aliphatic carbocycles. The van der Waals surface area contributed by atoms with Gasteiger partial charge < -0.3 is 15.0 Å². The normalized spacial score (nSPS) is 10.2. The quantitative estimate of drug-likeness (QED) is 0.922. The summed E-state index contributed by atoms with van der Waals surface area (Å²) in [4.78, 5) is 14.2. The van der Waals surface area contributed by atoms with Crippen molar-refractivity contribution in [1.82, 2.24) is 15.0 Å². The summed E-state index contributed by atoms with van der Waals surface area (Å²) in [6.45, 7) is 0. The molecule has 0 amide bonds. The van der Waals surface area contributed by atoms with Crippen LogP contribution in [-0.4, -0.2) is 36.1 Å². The van der Waals surface area contributed by atoms with E-state index >= 15 is 0 Å². The van der Waals surface area contributed by atoms with Crippen LogP contribution in [0.4, 0.5) is 16.3 Å². The molecule has 106 valence electrons. The molecule has 8 heteroatoms. The van der Waals surface area contributed by atoms with Crippen molar-refractivity contribution < 1.29 is 9.13 Å². The average Bonchev–Trinajstić information content (AvgIpc) is 2.42. The number of rotatable bonds is 4. The van der Waals surface area contributed by atoms with Gasteiger partial charge in [-0.1, -0.05) is 0 Å². The zero-order chi connectivity index (χ0) is 14.7. The summed E-state index contributed by atoms with van der Waals surface area (Å²) >= 11 is 3.10. The molecule has 20 heavy (non-hydrogen) atoms. The Kier molecular flexibility index (Phi) is 4.33. The Morgan fingerprint density at radius 1 is 1.25 bits per heavy atom. The Balaban J connectivity index is 2.32. The molecule has 0 bridgehead atoms. The lowest BCUT2D eigenvalue weighted by Gasteiger charge is -2.12. The van der Waals surface area contributed by atoms with Crippen LogP contribution in [0.25, 0.3) is 0 Å². The maximum Gasteiger partial charge on any atom is 0.328 e. The number of hydrogen-bond acceptors (Lipinski definition) is 6. The molecule has 0 saturated heterocycles. The van der Waals surface area contributed by atoms with E-state index in [2.05, 4.69) is 36.2 Å². The number of aromatic nitrogens is 3. The highest BCUT2D eigenvalue weighted by atomic mass is 79.9. The van der Waals surface area contributed by atoms with Crippen LogP contribution in [0.1, 0.15) is 0 Å². The van der Waals surface area contributed by atoms with E-state index in [-0.39, 0.29) is 11.8 Å². The number of nitrogens with one attached hydrogen (secondary N) is 1. The van der Waals surface area contributed by atoms with Gasteiger partial charge in [-0.2, -0.15) is 15.0 Å². The Labute approximate surface area is 124 Å².